The Morgan fingerprint density at radius 2 is 1.38 bits per heavy atom. The molecule has 0 aliphatic carbocycles. The largest absolute Gasteiger partial charge is 0.345 e. The number of amides is 2. The van der Waals surface area contributed by atoms with Crippen molar-refractivity contribution in [3.63, 3.8) is 0 Å². The third kappa shape index (κ3) is 6.72. The first-order chi connectivity index (χ1) is 18.5. The first-order valence-corrected chi connectivity index (χ1v) is 14.0. The van der Waals surface area contributed by atoms with E-state index in [1.165, 1.54) is 6.07 Å². The van der Waals surface area contributed by atoms with Gasteiger partial charge in [-0.3, -0.25) is 14.3 Å². The van der Waals surface area contributed by atoms with E-state index in [2.05, 4.69) is 15.4 Å². The first kappa shape index (κ1) is 27.6. The number of benzene rings is 4. The number of carbonyl (C=O) groups is 2. The number of aryl methyl sites for hydroxylation is 3. The quantitative estimate of drug-likeness (QED) is 0.249. The zero-order valence-electron chi connectivity index (χ0n) is 22.3. The van der Waals surface area contributed by atoms with Crippen LogP contribution in [0.4, 0.5) is 11.4 Å². The molecule has 4 rings (SSSR count). The molecular weight excluding hydrogens is 510 g/mol. The first-order valence-electron chi connectivity index (χ1n) is 12.5. The summed E-state index contributed by atoms with van der Waals surface area (Å²) in [5.74, 6) is -0.874. The molecule has 0 aromatic heterocycles. The number of hydrogen-bond donors (Lipinski definition) is 3. The van der Waals surface area contributed by atoms with Gasteiger partial charge < -0.3 is 10.6 Å². The van der Waals surface area contributed by atoms with Gasteiger partial charge >= 0.3 is 0 Å². The number of nitrogens with one attached hydrogen (secondary N) is 3. The molecule has 0 aliphatic heterocycles. The van der Waals surface area contributed by atoms with Gasteiger partial charge in [-0.1, -0.05) is 54.6 Å². The van der Waals surface area contributed by atoms with Gasteiger partial charge in [0.1, 0.15) is 0 Å². The van der Waals surface area contributed by atoms with E-state index in [0.29, 0.717) is 22.5 Å². The summed E-state index contributed by atoms with van der Waals surface area (Å²) in [5, 5.41) is 5.72. The average Bonchev–Trinajstić information content (AvgIpc) is 2.88. The topological polar surface area (TPSA) is 104 Å². The number of hydrogen-bond acceptors (Lipinski definition) is 4. The van der Waals surface area contributed by atoms with Crippen molar-refractivity contribution in [1.82, 2.24) is 5.32 Å². The molecule has 39 heavy (non-hydrogen) atoms. The van der Waals surface area contributed by atoms with Crippen LogP contribution in [-0.4, -0.2) is 20.2 Å². The highest BCUT2D eigenvalue weighted by Crippen LogP contribution is 2.24. The minimum Gasteiger partial charge on any atom is -0.345 e. The number of anilines is 2. The van der Waals surface area contributed by atoms with Gasteiger partial charge in [0.25, 0.3) is 21.8 Å². The van der Waals surface area contributed by atoms with Gasteiger partial charge in [0.2, 0.25) is 0 Å². The Balaban J connectivity index is 1.55. The molecule has 2 amide bonds. The van der Waals surface area contributed by atoms with E-state index in [9.17, 15) is 18.0 Å². The van der Waals surface area contributed by atoms with Crippen LogP contribution < -0.4 is 15.4 Å². The van der Waals surface area contributed by atoms with E-state index in [-0.39, 0.29) is 22.4 Å². The maximum atomic E-state index is 13.2. The lowest BCUT2D eigenvalue weighted by Crippen LogP contribution is -2.28. The highest BCUT2D eigenvalue weighted by atomic mass is 32.2. The minimum atomic E-state index is -3.96. The van der Waals surface area contributed by atoms with E-state index in [0.717, 1.165) is 16.7 Å². The van der Waals surface area contributed by atoms with Crippen LogP contribution in [0.3, 0.4) is 0 Å². The smallest absolute Gasteiger partial charge is 0.262 e. The fraction of sp³-hybridized carbons (Fsp3) is 0.161. The van der Waals surface area contributed by atoms with Crippen LogP contribution in [-0.2, 0) is 10.0 Å². The molecule has 1 atom stereocenters. The molecule has 200 valence electrons. The zero-order valence-corrected chi connectivity index (χ0v) is 23.1. The molecule has 7 nitrogen and oxygen atoms in total. The van der Waals surface area contributed by atoms with Crippen LogP contribution in [0.2, 0.25) is 0 Å². The summed E-state index contributed by atoms with van der Waals surface area (Å²) >= 11 is 0. The number of carbonyl (C=O) groups excluding carboxylic acids is 2. The van der Waals surface area contributed by atoms with Gasteiger partial charge in [-0.25, -0.2) is 8.42 Å². The van der Waals surface area contributed by atoms with Crippen molar-refractivity contribution in [2.24, 2.45) is 0 Å². The van der Waals surface area contributed by atoms with Gasteiger partial charge in [0.15, 0.2) is 0 Å². The van der Waals surface area contributed by atoms with Crippen LogP contribution in [0.25, 0.3) is 0 Å². The van der Waals surface area contributed by atoms with Crippen molar-refractivity contribution < 1.29 is 18.0 Å². The summed E-state index contributed by atoms with van der Waals surface area (Å²) < 4.78 is 29.1. The van der Waals surface area contributed by atoms with E-state index in [4.69, 9.17) is 0 Å². The molecule has 0 saturated heterocycles. The summed E-state index contributed by atoms with van der Waals surface area (Å²) in [7, 11) is -3.96. The highest BCUT2D eigenvalue weighted by Gasteiger charge is 2.21. The normalized spacial score (nSPS) is 11.9. The van der Waals surface area contributed by atoms with Crippen LogP contribution in [0, 0.1) is 20.8 Å². The van der Waals surface area contributed by atoms with Crippen molar-refractivity contribution in [2.45, 2.75) is 38.6 Å². The number of sulfonamides is 1. The third-order valence-corrected chi connectivity index (χ3v) is 7.80. The number of para-hydroxylation sites is 1. The molecule has 0 aliphatic rings. The lowest BCUT2D eigenvalue weighted by atomic mass is 10.1. The summed E-state index contributed by atoms with van der Waals surface area (Å²) in [6, 6.07) is 26.0. The monoisotopic (exact) mass is 541 g/mol. The third-order valence-electron chi connectivity index (χ3n) is 6.28. The Morgan fingerprint density at radius 1 is 0.744 bits per heavy atom. The Kier molecular flexibility index (Phi) is 8.16. The van der Waals surface area contributed by atoms with E-state index in [1.807, 2.05) is 57.2 Å². The van der Waals surface area contributed by atoms with Crippen molar-refractivity contribution in [3.05, 3.63) is 124 Å². The van der Waals surface area contributed by atoms with Gasteiger partial charge in [0, 0.05) is 11.3 Å². The minimum absolute atomic E-state index is 0.00276. The highest BCUT2D eigenvalue weighted by molar-refractivity contribution is 7.92. The SMILES string of the molecule is Cc1cc(C)cc(NS(=O)(=O)c2cc(C(=O)Nc3ccccc3C(=O)N[C@H](C)c3ccccc3)ccc2C)c1. The summed E-state index contributed by atoms with van der Waals surface area (Å²) in [5.41, 5.74) is 4.52. The molecule has 0 saturated carbocycles. The van der Waals surface area contributed by atoms with Crippen LogP contribution in [0.5, 0.6) is 0 Å². The zero-order chi connectivity index (χ0) is 28.2. The maximum Gasteiger partial charge on any atom is 0.262 e. The van der Waals surface area contributed by atoms with Crippen LogP contribution in [0.1, 0.15) is 55.9 Å². The molecule has 0 bridgehead atoms. The van der Waals surface area contributed by atoms with E-state index < -0.39 is 15.9 Å². The second-order valence-corrected chi connectivity index (χ2v) is 11.2. The van der Waals surface area contributed by atoms with Gasteiger partial charge in [0.05, 0.1) is 22.2 Å². The second kappa shape index (κ2) is 11.5. The van der Waals surface area contributed by atoms with Gasteiger partial charge in [-0.2, -0.15) is 0 Å². The van der Waals surface area contributed by atoms with Crippen LogP contribution in [0.15, 0.2) is 95.9 Å². The summed E-state index contributed by atoms with van der Waals surface area (Å²) in [6.45, 7) is 7.34. The summed E-state index contributed by atoms with van der Waals surface area (Å²) in [4.78, 5) is 26.3. The maximum absolute atomic E-state index is 13.2. The average molecular weight is 542 g/mol. The standard InChI is InChI=1S/C31H31N3O4S/c1-20-16-21(2)18-26(17-20)34-39(37,38)29-19-25(15-14-22(29)3)30(35)33-28-13-9-8-12-27(28)31(36)32-23(4)24-10-6-5-7-11-24/h5-19,23,34H,1-4H3,(H,32,36)(H,33,35)/t23-/m1/s1. The van der Waals surface area contributed by atoms with Crippen molar-refractivity contribution in [2.75, 3.05) is 10.0 Å². The molecule has 0 spiro atoms. The van der Waals surface area contributed by atoms with Crippen molar-refractivity contribution >= 4 is 33.2 Å². The molecule has 4 aromatic rings. The fourth-order valence-corrected chi connectivity index (χ4v) is 5.67. The molecule has 0 fully saturated rings. The van der Waals surface area contributed by atoms with Gasteiger partial charge in [-0.05, 0) is 86.3 Å². The molecule has 0 heterocycles. The lowest BCUT2D eigenvalue weighted by Gasteiger charge is -2.17. The Bertz CT molecular complexity index is 1610. The molecule has 0 unspecified atom stereocenters. The Morgan fingerprint density at radius 3 is 2.08 bits per heavy atom. The second-order valence-electron chi connectivity index (χ2n) is 9.57. The summed E-state index contributed by atoms with van der Waals surface area (Å²) in [6.07, 6.45) is 0. The predicted molar refractivity (Wildman–Crippen MR) is 155 cm³/mol. The molecule has 3 N–H and O–H groups in total. The van der Waals surface area contributed by atoms with Crippen LogP contribution >= 0.6 is 0 Å². The predicted octanol–water partition coefficient (Wildman–Crippen LogP) is 6.16. The van der Waals surface area contributed by atoms with E-state index in [1.54, 1.807) is 55.5 Å². The molecule has 0 radical (unpaired) electrons. The fourth-order valence-electron chi connectivity index (χ4n) is 4.36. The van der Waals surface area contributed by atoms with Crippen molar-refractivity contribution in [1.29, 1.82) is 0 Å². The molecule has 4 aromatic carbocycles. The Labute approximate surface area is 229 Å². The molecular formula is C31H31N3O4S. The number of rotatable bonds is 8. The van der Waals surface area contributed by atoms with Crippen molar-refractivity contribution in [3.8, 4) is 0 Å². The Hall–Kier alpha value is -4.43. The molecule has 8 heteroatoms. The van der Waals surface area contributed by atoms with Gasteiger partial charge in [-0.15, -0.1) is 0 Å². The van der Waals surface area contributed by atoms with E-state index >= 15 is 0 Å². The lowest BCUT2D eigenvalue weighted by molar-refractivity contribution is 0.0940.